The molecule has 5 heteroatoms. The van der Waals surface area contributed by atoms with Gasteiger partial charge in [-0.15, -0.1) is 0 Å². The molecular formula is C16H18N4O. The maximum absolute atomic E-state index is 12.1. The highest BCUT2D eigenvalue weighted by atomic mass is 16.1. The van der Waals surface area contributed by atoms with Crippen molar-refractivity contribution in [3.8, 4) is 11.3 Å². The number of nitrogens with zero attached hydrogens (tertiary/aromatic N) is 2. The number of hydrogen-bond donors (Lipinski definition) is 2. The van der Waals surface area contributed by atoms with Gasteiger partial charge in [0.15, 0.2) is 5.65 Å². The van der Waals surface area contributed by atoms with Gasteiger partial charge in [-0.25, -0.2) is 9.50 Å². The lowest BCUT2D eigenvalue weighted by Gasteiger charge is -1.99. The van der Waals surface area contributed by atoms with Crippen LogP contribution in [0.25, 0.3) is 16.9 Å². The number of fused-ring (bicyclic) bond motifs is 1. The van der Waals surface area contributed by atoms with Crippen molar-refractivity contribution in [2.75, 3.05) is 6.54 Å². The van der Waals surface area contributed by atoms with Gasteiger partial charge in [0.05, 0.1) is 5.69 Å². The number of nitrogens with two attached hydrogens (primary N) is 1. The summed E-state index contributed by atoms with van der Waals surface area (Å²) in [6.45, 7) is 2.65. The van der Waals surface area contributed by atoms with E-state index in [4.69, 9.17) is 5.73 Å². The van der Waals surface area contributed by atoms with Gasteiger partial charge in [-0.3, -0.25) is 9.89 Å². The quantitative estimate of drug-likeness (QED) is 0.767. The Morgan fingerprint density at radius 3 is 2.71 bits per heavy atom. The van der Waals surface area contributed by atoms with Crippen molar-refractivity contribution < 1.29 is 0 Å². The molecule has 0 aliphatic carbocycles. The number of aryl methyl sites for hydroxylation is 2. The highest BCUT2D eigenvalue weighted by molar-refractivity contribution is 5.64. The third-order valence-corrected chi connectivity index (χ3v) is 3.50. The van der Waals surface area contributed by atoms with Crippen LogP contribution >= 0.6 is 0 Å². The Morgan fingerprint density at radius 2 is 2.00 bits per heavy atom. The third-order valence-electron chi connectivity index (χ3n) is 3.50. The average molecular weight is 282 g/mol. The molecule has 0 atom stereocenters. The predicted octanol–water partition coefficient (Wildman–Crippen LogP) is 1.89. The number of hydrogen-bond acceptors (Lipinski definition) is 3. The highest BCUT2D eigenvalue weighted by Gasteiger charge is 2.07. The first kappa shape index (κ1) is 13.6. The molecule has 2 heterocycles. The van der Waals surface area contributed by atoms with Gasteiger partial charge in [0.25, 0.3) is 5.56 Å². The fourth-order valence-corrected chi connectivity index (χ4v) is 2.33. The Bertz CT molecular complexity index is 814. The van der Waals surface area contributed by atoms with Crippen molar-refractivity contribution in [1.82, 2.24) is 14.6 Å². The second kappa shape index (κ2) is 5.54. The zero-order valence-corrected chi connectivity index (χ0v) is 12.0. The second-order valence-electron chi connectivity index (χ2n) is 5.21. The Hall–Kier alpha value is -2.40. The molecule has 1 aromatic carbocycles. The zero-order chi connectivity index (χ0) is 14.8. The Labute approximate surface area is 122 Å². The van der Waals surface area contributed by atoms with E-state index in [0.717, 1.165) is 29.8 Å². The predicted molar refractivity (Wildman–Crippen MR) is 83.4 cm³/mol. The molecule has 0 amide bonds. The van der Waals surface area contributed by atoms with Crippen LogP contribution in [0.3, 0.4) is 0 Å². The first-order valence-electron chi connectivity index (χ1n) is 7.06. The molecule has 3 N–H and O–H groups in total. The standard InChI is InChI=1S/C16H18N4O/c1-11-4-6-12(7-5-11)14-10-15-18-13(3-2-8-17)9-16(21)20(15)19-14/h4-7,9-10,19H,2-3,8,17H2,1H3. The number of H-pyrrole nitrogens is 1. The highest BCUT2D eigenvalue weighted by Crippen LogP contribution is 2.19. The summed E-state index contributed by atoms with van der Waals surface area (Å²) < 4.78 is 1.47. The molecular weight excluding hydrogens is 264 g/mol. The van der Waals surface area contributed by atoms with E-state index in [9.17, 15) is 4.79 Å². The Balaban J connectivity index is 2.05. The van der Waals surface area contributed by atoms with Crippen molar-refractivity contribution in [3.05, 3.63) is 58.0 Å². The van der Waals surface area contributed by atoms with Crippen LogP contribution in [0, 0.1) is 6.92 Å². The molecule has 2 aromatic heterocycles. The molecule has 5 nitrogen and oxygen atoms in total. The number of rotatable bonds is 4. The molecule has 0 fully saturated rings. The molecule has 0 spiro atoms. The molecule has 108 valence electrons. The molecule has 3 rings (SSSR count). The lowest BCUT2D eigenvalue weighted by molar-refractivity contribution is 0.796. The summed E-state index contributed by atoms with van der Waals surface area (Å²) in [6.07, 6.45) is 1.56. The summed E-state index contributed by atoms with van der Waals surface area (Å²) in [6, 6.07) is 11.6. The van der Waals surface area contributed by atoms with Crippen molar-refractivity contribution in [2.24, 2.45) is 5.73 Å². The normalized spacial score (nSPS) is 11.1. The summed E-state index contributed by atoms with van der Waals surface area (Å²) in [5.41, 5.74) is 9.97. The Morgan fingerprint density at radius 1 is 1.24 bits per heavy atom. The summed E-state index contributed by atoms with van der Waals surface area (Å²) in [4.78, 5) is 16.6. The maximum atomic E-state index is 12.1. The Kier molecular flexibility index (Phi) is 3.58. The number of aromatic amines is 1. The van der Waals surface area contributed by atoms with E-state index in [0.29, 0.717) is 12.2 Å². The lowest BCUT2D eigenvalue weighted by Crippen LogP contribution is -2.16. The molecule has 0 radical (unpaired) electrons. The minimum Gasteiger partial charge on any atom is -0.330 e. The fraction of sp³-hybridized carbons (Fsp3) is 0.250. The monoisotopic (exact) mass is 282 g/mol. The second-order valence-corrected chi connectivity index (χ2v) is 5.21. The van der Waals surface area contributed by atoms with E-state index in [1.54, 1.807) is 6.07 Å². The van der Waals surface area contributed by atoms with Crippen molar-refractivity contribution in [2.45, 2.75) is 19.8 Å². The SMILES string of the molecule is Cc1ccc(-c2cc3nc(CCCN)cc(=O)n3[nH]2)cc1. The molecule has 21 heavy (non-hydrogen) atoms. The van der Waals surface area contributed by atoms with Crippen LogP contribution in [0.1, 0.15) is 17.7 Å². The van der Waals surface area contributed by atoms with E-state index >= 15 is 0 Å². The van der Waals surface area contributed by atoms with Crippen LogP contribution < -0.4 is 11.3 Å². The van der Waals surface area contributed by atoms with E-state index in [1.807, 2.05) is 37.3 Å². The summed E-state index contributed by atoms with van der Waals surface area (Å²) >= 11 is 0. The van der Waals surface area contributed by atoms with Gasteiger partial charge < -0.3 is 5.73 Å². The van der Waals surface area contributed by atoms with E-state index in [2.05, 4.69) is 10.1 Å². The lowest BCUT2D eigenvalue weighted by atomic mass is 10.1. The molecule has 0 bridgehead atoms. The molecule has 0 saturated carbocycles. The minimum atomic E-state index is -0.0922. The zero-order valence-electron chi connectivity index (χ0n) is 12.0. The van der Waals surface area contributed by atoms with E-state index in [1.165, 1.54) is 10.1 Å². The van der Waals surface area contributed by atoms with Crippen molar-refractivity contribution in [1.29, 1.82) is 0 Å². The van der Waals surface area contributed by atoms with Crippen LogP contribution in [0.15, 0.2) is 41.2 Å². The number of benzene rings is 1. The van der Waals surface area contributed by atoms with E-state index in [-0.39, 0.29) is 5.56 Å². The van der Waals surface area contributed by atoms with Gasteiger partial charge in [-0.2, -0.15) is 0 Å². The van der Waals surface area contributed by atoms with Crippen LogP contribution in [-0.4, -0.2) is 21.1 Å². The number of aromatic nitrogens is 3. The smallest absolute Gasteiger partial charge is 0.272 e. The van der Waals surface area contributed by atoms with Crippen LogP contribution in [-0.2, 0) is 6.42 Å². The average Bonchev–Trinajstić information content (AvgIpc) is 2.90. The molecule has 0 unspecified atom stereocenters. The molecule has 3 aromatic rings. The van der Waals surface area contributed by atoms with Crippen LogP contribution in [0.5, 0.6) is 0 Å². The summed E-state index contributed by atoms with van der Waals surface area (Å²) in [5.74, 6) is 0. The topological polar surface area (TPSA) is 76.2 Å². The maximum Gasteiger partial charge on any atom is 0.272 e. The van der Waals surface area contributed by atoms with Gasteiger partial charge in [0, 0.05) is 17.8 Å². The first-order chi connectivity index (χ1) is 10.2. The molecule has 0 saturated heterocycles. The number of nitrogens with one attached hydrogen (secondary N) is 1. The molecule has 0 aliphatic heterocycles. The van der Waals surface area contributed by atoms with Gasteiger partial charge in [-0.1, -0.05) is 29.8 Å². The van der Waals surface area contributed by atoms with Crippen molar-refractivity contribution in [3.63, 3.8) is 0 Å². The van der Waals surface area contributed by atoms with Gasteiger partial charge in [-0.05, 0) is 31.9 Å². The summed E-state index contributed by atoms with van der Waals surface area (Å²) in [5, 5.41) is 3.10. The van der Waals surface area contributed by atoms with Gasteiger partial charge >= 0.3 is 0 Å². The molecule has 0 aliphatic rings. The fourth-order valence-electron chi connectivity index (χ4n) is 2.33. The first-order valence-corrected chi connectivity index (χ1v) is 7.06. The van der Waals surface area contributed by atoms with Crippen LogP contribution in [0.2, 0.25) is 0 Å². The van der Waals surface area contributed by atoms with Gasteiger partial charge in [0.2, 0.25) is 0 Å². The van der Waals surface area contributed by atoms with Gasteiger partial charge in [0.1, 0.15) is 0 Å². The largest absolute Gasteiger partial charge is 0.330 e. The van der Waals surface area contributed by atoms with Crippen molar-refractivity contribution >= 4 is 5.65 Å². The van der Waals surface area contributed by atoms with E-state index < -0.39 is 0 Å². The minimum absolute atomic E-state index is 0.0922. The third kappa shape index (κ3) is 2.73. The summed E-state index contributed by atoms with van der Waals surface area (Å²) in [7, 11) is 0. The van der Waals surface area contributed by atoms with Crippen LogP contribution in [0.4, 0.5) is 0 Å².